The molecule has 2 rings (SSSR count). The van der Waals surface area contributed by atoms with E-state index in [2.05, 4.69) is 6.07 Å². The summed E-state index contributed by atoms with van der Waals surface area (Å²) in [6.45, 7) is 0.634. The first-order valence-electron chi connectivity index (χ1n) is 6.05. The van der Waals surface area contributed by atoms with Crippen LogP contribution in [0.3, 0.4) is 0 Å². The molecule has 0 aromatic heterocycles. The van der Waals surface area contributed by atoms with E-state index in [4.69, 9.17) is 28.9 Å². The molecule has 2 aromatic rings. The molecule has 0 saturated heterocycles. The zero-order valence-electron chi connectivity index (χ0n) is 10.4. The molecule has 2 N–H and O–H groups in total. The Bertz CT molecular complexity index is 540. The van der Waals surface area contributed by atoms with Gasteiger partial charge in [0.25, 0.3) is 0 Å². The maximum atomic E-state index is 6.02. The number of nitrogens with two attached hydrogens (primary N) is 1. The molecule has 0 heterocycles. The minimum atomic E-state index is 0.634. The molecule has 0 unspecified atom stereocenters. The van der Waals surface area contributed by atoms with Gasteiger partial charge >= 0.3 is 0 Å². The van der Waals surface area contributed by atoms with Gasteiger partial charge in [0, 0.05) is 20.7 Å². The third kappa shape index (κ3) is 4.43. The van der Waals surface area contributed by atoms with Crippen molar-refractivity contribution in [1.29, 1.82) is 0 Å². The van der Waals surface area contributed by atoms with Crippen LogP contribution in [0, 0.1) is 0 Å². The van der Waals surface area contributed by atoms with Crippen LogP contribution in [-0.2, 0) is 12.2 Å². The van der Waals surface area contributed by atoms with Crippen molar-refractivity contribution in [2.75, 3.05) is 6.54 Å². The van der Waals surface area contributed by atoms with E-state index in [9.17, 15) is 0 Å². The first kappa shape index (κ1) is 14.7. The summed E-state index contributed by atoms with van der Waals surface area (Å²) >= 11 is 13.7. The summed E-state index contributed by atoms with van der Waals surface area (Å²) in [6.07, 6.45) is 0.851. The second-order valence-electron chi connectivity index (χ2n) is 4.21. The van der Waals surface area contributed by atoms with E-state index >= 15 is 0 Å². The Balaban J connectivity index is 2.08. The van der Waals surface area contributed by atoms with Crippen molar-refractivity contribution in [3.63, 3.8) is 0 Å². The lowest BCUT2D eigenvalue weighted by atomic mass is 10.1. The van der Waals surface area contributed by atoms with Crippen LogP contribution in [0.5, 0.6) is 0 Å². The van der Waals surface area contributed by atoms with E-state index in [0.29, 0.717) is 6.54 Å². The van der Waals surface area contributed by atoms with E-state index in [-0.39, 0.29) is 0 Å². The van der Waals surface area contributed by atoms with Crippen molar-refractivity contribution in [2.45, 2.75) is 17.1 Å². The molecule has 0 atom stereocenters. The second kappa shape index (κ2) is 7.20. The van der Waals surface area contributed by atoms with Crippen LogP contribution in [-0.4, -0.2) is 6.54 Å². The monoisotopic (exact) mass is 311 g/mol. The van der Waals surface area contributed by atoms with Crippen LogP contribution in [0.4, 0.5) is 0 Å². The standard InChI is InChI=1S/C15H15Cl2NS/c16-13-3-1-11(2-4-13)10-19-15-6-5-14(17)9-12(15)7-8-18/h1-6,9H,7-8,10,18H2. The van der Waals surface area contributed by atoms with E-state index in [0.717, 1.165) is 22.2 Å². The zero-order chi connectivity index (χ0) is 13.7. The quantitative estimate of drug-likeness (QED) is 0.804. The first-order valence-corrected chi connectivity index (χ1v) is 7.79. The van der Waals surface area contributed by atoms with E-state index in [1.807, 2.05) is 36.4 Å². The summed E-state index contributed by atoms with van der Waals surface area (Å²) in [6, 6.07) is 13.9. The second-order valence-corrected chi connectivity index (χ2v) is 6.10. The van der Waals surface area contributed by atoms with Gasteiger partial charge in [-0.25, -0.2) is 0 Å². The number of benzene rings is 2. The lowest BCUT2D eigenvalue weighted by Gasteiger charge is -2.09. The highest BCUT2D eigenvalue weighted by atomic mass is 35.5. The Kier molecular flexibility index (Phi) is 5.59. The van der Waals surface area contributed by atoms with Crippen molar-refractivity contribution in [3.8, 4) is 0 Å². The molecule has 0 fully saturated rings. The lowest BCUT2D eigenvalue weighted by molar-refractivity contribution is 0.944. The highest BCUT2D eigenvalue weighted by molar-refractivity contribution is 7.98. The molecular weight excluding hydrogens is 297 g/mol. The molecule has 0 aliphatic heterocycles. The maximum absolute atomic E-state index is 6.02. The van der Waals surface area contributed by atoms with Gasteiger partial charge < -0.3 is 5.73 Å². The summed E-state index contributed by atoms with van der Waals surface area (Å²) in [5.74, 6) is 0.913. The summed E-state index contributed by atoms with van der Waals surface area (Å²) in [4.78, 5) is 1.24. The maximum Gasteiger partial charge on any atom is 0.0409 e. The Morgan fingerprint density at radius 1 is 0.947 bits per heavy atom. The van der Waals surface area contributed by atoms with Gasteiger partial charge in [-0.2, -0.15) is 0 Å². The van der Waals surface area contributed by atoms with Crippen molar-refractivity contribution in [3.05, 3.63) is 63.6 Å². The fourth-order valence-corrected chi connectivity index (χ4v) is 3.13. The molecular formula is C15H15Cl2NS. The van der Waals surface area contributed by atoms with Crippen LogP contribution in [0.1, 0.15) is 11.1 Å². The van der Waals surface area contributed by atoms with Gasteiger partial charge in [-0.05, 0) is 54.4 Å². The fourth-order valence-electron chi connectivity index (χ4n) is 1.78. The van der Waals surface area contributed by atoms with Crippen LogP contribution >= 0.6 is 35.0 Å². The number of hydrogen-bond acceptors (Lipinski definition) is 2. The molecule has 1 nitrogen and oxygen atoms in total. The molecule has 4 heteroatoms. The molecule has 100 valence electrons. The largest absolute Gasteiger partial charge is 0.330 e. The summed E-state index contributed by atoms with van der Waals surface area (Å²) in [5.41, 5.74) is 8.11. The van der Waals surface area contributed by atoms with Gasteiger partial charge in [-0.1, -0.05) is 35.3 Å². The van der Waals surface area contributed by atoms with Crippen molar-refractivity contribution in [2.24, 2.45) is 5.73 Å². The molecule has 0 bridgehead atoms. The molecule has 0 radical (unpaired) electrons. The SMILES string of the molecule is NCCc1cc(Cl)ccc1SCc1ccc(Cl)cc1. The van der Waals surface area contributed by atoms with Gasteiger partial charge in [0.15, 0.2) is 0 Å². The number of hydrogen-bond donors (Lipinski definition) is 1. The summed E-state index contributed by atoms with van der Waals surface area (Å²) < 4.78 is 0. The molecule has 0 saturated carbocycles. The highest BCUT2D eigenvalue weighted by Gasteiger charge is 2.04. The van der Waals surface area contributed by atoms with Crippen LogP contribution in [0.15, 0.2) is 47.4 Å². The van der Waals surface area contributed by atoms with E-state index in [1.54, 1.807) is 11.8 Å². The van der Waals surface area contributed by atoms with Crippen molar-refractivity contribution >= 4 is 35.0 Å². The minimum Gasteiger partial charge on any atom is -0.330 e. The molecule has 2 aromatic carbocycles. The minimum absolute atomic E-state index is 0.634. The third-order valence-electron chi connectivity index (χ3n) is 2.74. The van der Waals surface area contributed by atoms with Crippen LogP contribution in [0.2, 0.25) is 10.0 Å². The highest BCUT2D eigenvalue weighted by Crippen LogP contribution is 2.29. The molecule has 0 aliphatic carbocycles. The van der Waals surface area contributed by atoms with Gasteiger partial charge in [-0.15, -0.1) is 11.8 Å². The zero-order valence-corrected chi connectivity index (χ0v) is 12.7. The van der Waals surface area contributed by atoms with Crippen LogP contribution < -0.4 is 5.73 Å². The van der Waals surface area contributed by atoms with Crippen molar-refractivity contribution in [1.82, 2.24) is 0 Å². The number of rotatable bonds is 5. The predicted octanol–water partition coefficient (Wildman–Crippen LogP) is 4.79. The van der Waals surface area contributed by atoms with E-state index in [1.165, 1.54) is 16.0 Å². The molecule has 19 heavy (non-hydrogen) atoms. The molecule has 0 spiro atoms. The lowest BCUT2D eigenvalue weighted by Crippen LogP contribution is -2.03. The first-order chi connectivity index (χ1) is 9.19. The number of halogens is 2. The van der Waals surface area contributed by atoms with E-state index < -0.39 is 0 Å². The Labute approximate surface area is 128 Å². The van der Waals surface area contributed by atoms with Crippen LogP contribution in [0.25, 0.3) is 0 Å². The van der Waals surface area contributed by atoms with Gasteiger partial charge in [0.1, 0.15) is 0 Å². The summed E-state index contributed by atoms with van der Waals surface area (Å²) in [5, 5.41) is 1.53. The Morgan fingerprint density at radius 2 is 1.63 bits per heavy atom. The topological polar surface area (TPSA) is 26.0 Å². The summed E-state index contributed by atoms with van der Waals surface area (Å²) in [7, 11) is 0. The molecule has 0 amide bonds. The Morgan fingerprint density at radius 3 is 2.32 bits per heavy atom. The fraction of sp³-hybridized carbons (Fsp3) is 0.200. The van der Waals surface area contributed by atoms with Gasteiger partial charge in [0.05, 0.1) is 0 Å². The average Bonchev–Trinajstić information content (AvgIpc) is 2.40. The third-order valence-corrected chi connectivity index (χ3v) is 4.42. The number of thioether (sulfide) groups is 1. The Hall–Kier alpha value is -0.670. The normalized spacial score (nSPS) is 10.7. The van der Waals surface area contributed by atoms with Crippen molar-refractivity contribution < 1.29 is 0 Å². The van der Waals surface area contributed by atoms with Gasteiger partial charge in [-0.3, -0.25) is 0 Å². The predicted molar refractivity (Wildman–Crippen MR) is 85.2 cm³/mol. The smallest absolute Gasteiger partial charge is 0.0409 e. The average molecular weight is 312 g/mol. The van der Waals surface area contributed by atoms with Gasteiger partial charge in [0.2, 0.25) is 0 Å². The molecule has 0 aliphatic rings.